The molecular weight excluding hydrogens is 731 g/mol. The van der Waals surface area contributed by atoms with Gasteiger partial charge in [-0.3, -0.25) is 0 Å². The summed E-state index contributed by atoms with van der Waals surface area (Å²) in [6, 6.07) is 48.1. The SMILES string of the molecule is ClC1=C(/C=C/c2cc(-c3ccccc3)[o+]c3ccc4ccccc4c23)CCC/C1=C\C=C1/C=C(c2ccccc2)Oc2ccc3ccccc3c21.F[B-](F)(F)F. The zero-order valence-electron chi connectivity index (χ0n) is 30.1. The standard InChI is InChI=1S/C48H34ClO2.BF4/c49-48-36(22-24-38-30-44(34-14-3-1-4-15-34)50-42-28-26-32-12-7-9-20-40(32)46(38)42)18-11-19-37(48)23-25-39-31-45(35-16-5-2-6-17-35)51-43-29-27-33-13-8-10-21-41(33)47(39)43;2-1(3,4)5/h1-10,12-17,20-31H,11,18-19H2;/q+1;-1. The van der Waals surface area contributed by atoms with Crippen molar-refractivity contribution in [1.82, 2.24) is 0 Å². The third-order valence-corrected chi connectivity index (χ3v) is 10.4. The van der Waals surface area contributed by atoms with E-state index >= 15 is 0 Å². The first-order valence-electron chi connectivity index (χ1n) is 18.4. The summed E-state index contributed by atoms with van der Waals surface area (Å²) in [6.07, 6.45) is 13.9. The third kappa shape index (κ3) is 8.09. The molecule has 6 aromatic carbocycles. The number of halogens is 5. The maximum Gasteiger partial charge on any atom is 0.673 e. The van der Waals surface area contributed by atoms with Gasteiger partial charge in [0.25, 0.3) is 0 Å². The first-order valence-corrected chi connectivity index (χ1v) is 18.7. The first kappa shape index (κ1) is 36.8. The second-order valence-corrected chi connectivity index (χ2v) is 13.9. The number of hydrogen-bond acceptors (Lipinski definition) is 1. The van der Waals surface area contributed by atoms with Crippen molar-refractivity contribution in [2.75, 3.05) is 0 Å². The Morgan fingerprint density at radius 2 is 1.27 bits per heavy atom. The molecule has 1 aliphatic carbocycles. The molecule has 8 heteroatoms. The van der Waals surface area contributed by atoms with Crippen molar-refractivity contribution in [3.8, 4) is 17.1 Å². The molecule has 0 unspecified atom stereocenters. The molecular formula is C48H34BClF4O2. The first-order chi connectivity index (χ1) is 27.2. The number of hydrogen-bond donors (Lipinski definition) is 0. The second kappa shape index (κ2) is 15.9. The van der Waals surface area contributed by atoms with Crippen molar-refractivity contribution >= 4 is 68.8 Å². The van der Waals surface area contributed by atoms with Gasteiger partial charge in [0.15, 0.2) is 0 Å². The Morgan fingerprint density at radius 3 is 2.00 bits per heavy atom. The van der Waals surface area contributed by atoms with Crippen LogP contribution in [-0.2, 0) is 0 Å². The minimum Gasteiger partial charge on any atom is -0.456 e. The number of rotatable bonds is 5. The molecule has 56 heavy (non-hydrogen) atoms. The highest BCUT2D eigenvalue weighted by Gasteiger charge is 2.23. The monoisotopic (exact) mass is 764 g/mol. The lowest BCUT2D eigenvalue weighted by Gasteiger charge is -2.22. The van der Waals surface area contributed by atoms with Crippen LogP contribution >= 0.6 is 11.6 Å². The van der Waals surface area contributed by atoms with E-state index in [4.69, 9.17) is 20.8 Å². The Balaban J connectivity index is 0.000000831. The molecule has 0 bridgehead atoms. The van der Waals surface area contributed by atoms with Gasteiger partial charge < -0.3 is 22.0 Å². The van der Waals surface area contributed by atoms with Gasteiger partial charge in [-0.15, -0.1) is 0 Å². The molecule has 1 aromatic heterocycles. The molecule has 2 heterocycles. The Morgan fingerprint density at radius 1 is 0.643 bits per heavy atom. The average molecular weight is 765 g/mol. The molecule has 0 saturated carbocycles. The maximum absolute atomic E-state index is 9.75. The topological polar surface area (TPSA) is 20.5 Å². The number of ether oxygens (including phenoxy) is 1. The van der Waals surface area contributed by atoms with E-state index in [-0.39, 0.29) is 0 Å². The van der Waals surface area contributed by atoms with Gasteiger partial charge in [-0.25, -0.2) is 4.42 Å². The fourth-order valence-electron chi connectivity index (χ4n) is 7.33. The van der Waals surface area contributed by atoms with Gasteiger partial charge in [0.2, 0.25) is 0 Å². The van der Waals surface area contributed by atoms with E-state index in [1.54, 1.807) is 0 Å². The largest absolute Gasteiger partial charge is 0.673 e. The van der Waals surface area contributed by atoms with E-state index in [2.05, 4.69) is 134 Å². The van der Waals surface area contributed by atoms with Crippen LogP contribution in [0.1, 0.15) is 36.0 Å². The zero-order valence-corrected chi connectivity index (χ0v) is 30.8. The summed E-state index contributed by atoms with van der Waals surface area (Å²) in [5, 5.41) is 6.63. The molecule has 0 spiro atoms. The Bertz CT molecular complexity index is 2740. The van der Waals surface area contributed by atoms with Crippen LogP contribution in [-0.4, -0.2) is 7.25 Å². The van der Waals surface area contributed by atoms with Crippen LogP contribution in [0.3, 0.4) is 0 Å². The Labute approximate surface area is 327 Å². The van der Waals surface area contributed by atoms with Crippen LogP contribution < -0.4 is 4.74 Å². The van der Waals surface area contributed by atoms with Gasteiger partial charge in [-0.2, -0.15) is 0 Å². The summed E-state index contributed by atoms with van der Waals surface area (Å²) in [5.41, 5.74) is 8.53. The van der Waals surface area contributed by atoms with Crippen LogP contribution in [0.5, 0.6) is 5.75 Å². The molecule has 0 atom stereocenters. The average Bonchev–Trinajstić information content (AvgIpc) is 3.22. The Hall–Kier alpha value is -6.18. The van der Waals surface area contributed by atoms with E-state index in [0.29, 0.717) is 0 Å². The highest BCUT2D eigenvalue weighted by molar-refractivity contribution is 6.50. The van der Waals surface area contributed by atoms with Crippen molar-refractivity contribution in [1.29, 1.82) is 0 Å². The van der Waals surface area contributed by atoms with E-state index in [1.165, 1.54) is 21.5 Å². The number of fused-ring (bicyclic) bond motifs is 6. The molecule has 0 amide bonds. The van der Waals surface area contributed by atoms with Gasteiger partial charge in [0.1, 0.15) is 11.5 Å². The number of benzene rings is 6. The second-order valence-electron chi connectivity index (χ2n) is 13.6. The normalized spacial score (nSPS) is 15.9. The van der Waals surface area contributed by atoms with Crippen molar-refractivity contribution in [3.05, 3.63) is 197 Å². The van der Waals surface area contributed by atoms with Gasteiger partial charge in [-0.05, 0) is 87.9 Å². The molecule has 2 aliphatic rings. The molecule has 0 radical (unpaired) electrons. The molecule has 9 rings (SSSR count). The lowest BCUT2D eigenvalue weighted by atomic mass is 9.91. The predicted molar refractivity (Wildman–Crippen MR) is 225 cm³/mol. The molecule has 276 valence electrons. The maximum atomic E-state index is 9.75. The molecule has 2 nitrogen and oxygen atoms in total. The van der Waals surface area contributed by atoms with Crippen LogP contribution in [0.2, 0.25) is 0 Å². The minimum atomic E-state index is -6.00. The Kier molecular flexibility index (Phi) is 10.4. The van der Waals surface area contributed by atoms with E-state index in [0.717, 1.165) is 91.5 Å². The minimum absolute atomic E-state index is 0.824. The summed E-state index contributed by atoms with van der Waals surface area (Å²) >= 11 is 7.27. The smallest absolute Gasteiger partial charge is 0.456 e. The molecule has 0 N–H and O–H groups in total. The lowest BCUT2D eigenvalue weighted by Crippen LogP contribution is -2.04. The molecule has 0 saturated heterocycles. The van der Waals surface area contributed by atoms with Crippen molar-refractivity contribution in [2.45, 2.75) is 19.3 Å². The van der Waals surface area contributed by atoms with Gasteiger partial charge in [0.05, 0.1) is 17.0 Å². The zero-order chi connectivity index (χ0) is 38.6. The summed E-state index contributed by atoms with van der Waals surface area (Å²) in [5.74, 6) is 2.53. The van der Waals surface area contributed by atoms with Gasteiger partial charge >= 0.3 is 18.6 Å². The molecule has 7 aromatic rings. The summed E-state index contributed by atoms with van der Waals surface area (Å²) < 4.78 is 52.0. The fraction of sp³-hybridized carbons (Fsp3) is 0.0625. The van der Waals surface area contributed by atoms with E-state index in [9.17, 15) is 17.3 Å². The molecule has 1 aliphatic heterocycles. The van der Waals surface area contributed by atoms with E-state index in [1.807, 2.05) is 36.4 Å². The number of allylic oxidation sites excluding steroid dienone is 8. The van der Waals surface area contributed by atoms with Crippen LogP contribution in [0.25, 0.3) is 61.2 Å². The van der Waals surface area contributed by atoms with E-state index < -0.39 is 7.25 Å². The highest BCUT2D eigenvalue weighted by Crippen LogP contribution is 2.42. The lowest BCUT2D eigenvalue weighted by molar-refractivity contribution is 0.368. The van der Waals surface area contributed by atoms with Crippen LogP contribution in [0, 0.1) is 0 Å². The van der Waals surface area contributed by atoms with Crippen molar-refractivity contribution < 1.29 is 26.4 Å². The molecule has 0 fully saturated rings. The van der Waals surface area contributed by atoms with Gasteiger partial charge in [0, 0.05) is 27.8 Å². The van der Waals surface area contributed by atoms with Crippen LogP contribution in [0.15, 0.2) is 184 Å². The van der Waals surface area contributed by atoms with Crippen LogP contribution in [0.4, 0.5) is 17.3 Å². The quantitative estimate of drug-likeness (QED) is 0.0753. The van der Waals surface area contributed by atoms with Gasteiger partial charge in [-0.1, -0.05) is 139 Å². The summed E-state index contributed by atoms with van der Waals surface area (Å²) in [6.45, 7) is 0. The van der Waals surface area contributed by atoms with Crippen molar-refractivity contribution in [3.63, 3.8) is 0 Å². The predicted octanol–water partition coefficient (Wildman–Crippen LogP) is 15.1. The summed E-state index contributed by atoms with van der Waals surface area (Å²) in [4.78, 5) is 0. The third-order valence-electron chi connectivity index (χ3n) is 9.87. The highest BCUT2D eigenvalue weighted by atomic mass is 35.5. The van der Waals surface area contributed by atoms with Crippen molar-refractivity contribution in [2.24, 2.45) is 0 Å². The fourth-order valence-corrected chi connectivity index (χ4v) is 7.65. The summed E-state index contributed by atoms with van der Waals surface area (Å²) in [7, 11) is -6.00.